The summed E-state index contributed by atoms with van der Waals surface area (Å²) < 4.78 is 0. The number of benzene rings is 1. The van der Waals surface area contributed by atoms with E-state index < -0.39 is 0 Å². The lowest BCUT2D eigenvalue weighted by Crippen LogP contribution is -2.50. The summed E-state index contributed by atoms with van der Waals surface area (Å²) in [5.74, 6) is 0.988. The van der Waals surface area contributed by atoms with Crippen LogP contribution in [0.5, 0.6) is 0 Å². The van der Waals surface area contributed by atoms with Crippen LogP contribution in [0.2, 0.25) is 0 Å². The molecule has 1 saturated heterocycles. The van der Waals surface area contributed by atoms with Crippen molar-refractivity contribution in [2.75, 3.05) is 18.4 Å². The molecule has 1 saturated carbocycles. The predicted octanol–water partition coefficient (Wildman–Crippen LogP) is 3.16. The molecule has 0 radical (unpaired) electrons. The third kappa shape index (κ3) is 5.31. The van der Waals surface area contributed by atoms with Crippen molar-refractivity contribution in [1.29, 1.82) is 0 Å². The summed E-state index contributed by atoms with van der Waals surface area (Å²) in [6.45, 7) is 6.88. The highest BCUT2D eigenvalue weighted by Gasteiger charge is 2.30. The number of nitrogens with one attached hydrogen (secondary N) is 2. The number of hydrogen-bond acceptors (Lipinski definition) is 3. The van der Waals surface area contributed by atoms with Crippen LogP contribution in [0.4, 0.5) is 5.69 Å². The van der Waals surface area contributed by atoms with E-state index in [1.54, 1.807) is 0 Å². The quantitative estimate of drug-likeness (QED) is 0.788. The van der Waals surface area contributed by atoms with E-state index >= 15 is 0 Å². The first-order chi connectivity index (χ1) is 12.5. The Hall–Kier alpha value is -1.88. The zero-order valence-electron chi connectivity index (χ0n) is 16.0. The summed E-state index contributed by atoms with van der Waals surface area (Å²) in [7, 11) is 0. The number of nitrogens with zero attached hydrogens (tertiary/aromatic N) is 1. The SMILES string of the molecule is CC(C)CN1CCCC[C@@H]1C(=O)NCc1cccc(NC(=O)C2CC2)c1. The van der Waals surface area contributed by atoms with Gasteiger partial charge in [0.2, 0.25) is 11.8 Å². The van der Waals surface area contributed by atoms with Crippen molar-refractivity contribution < 1.29 is 9.59 Å². The molecule has 2 aliphatic rings. The van der Waals surface area contributed by atoms with Gasteiger partial charge in [-0.3, -0.25) is 14.5 Å². The van der Waals surface area contributed by atoms with Gasteiger partial charge in [-0.1, -0.05) is 32.4 Å². The molecule has 2 fully saturated rings. The summed E-state index contributed by atoms with van der Waals surface area (Å²) >= 11 is 0. The van der Waals surface area contributed by atoms with Crippen molar-refractivity contribution in [3.8, 4) is 0 Å². The Morgan fingerprint density at radius 3 is 2.69 bits per heavy atom. The molecule has 1 aliphatic carbocycles. The third-order valence-electron chi connectivity index (χ3n) is 5.13. The summed E-state index contributed by atoms with van der Waals surface area (Å²) in [5.41, 5.74) is 1.82. The number of amides is 2. The molecule has 5 nitrogen and oxygen atoms in total. The van der Waals surface area contributed by atoms with Crippen LogP contribution in [-0.4, -0.2) is 35.8 Å². The maximum atomic E-state index is 12.7. The zero-order chi connectivity index (χ0) is 18.5. The maximum Gasteiger partial charge on any atom is 0.237 e. The standard InChI is InChI=1S/C21H31N3O2/c1-15(2)14-24-11-4-3-8-19(24)21(26)22-13-16-6-5-7-18(12-16)23-20(25)17-9-10-17/h5-7,12,15,17,19H,3-4,8-11,13-14H2,1-2H3,(H,22,26)(H,23,25)/t19-/m1/s1. The van der Waals surface area contributed by atoms with E-state index in [1.165, 1.54) is 6.42 Å². The van der Waals surface area contributed by atoms with E-state index in [1.807, 2.05) is 24.3 Å². The number of rotatable bonds is 7. The van der Waals surface area contributed by atoms with Crippen LogP contribution in [0, 0.1) is 11.8 Å². The second kappa shape index (κ2) is 8.67. The Kier molecular flexibility index (Phi) is 6.30. The first-order valence-electron chi connectivity index (χ1n) is 9.94. The topological polar surface area (TPSA) is 61.4 Å². The minimum Gasteiger partial charge on any atom is -0.351 e. The van der Waals surface area contributed by atoms with Crippen LogP contribution < -0.4 is 10.6 Å². The second-order valence-corrected chi connectivity index (χ2v) is 8.08. The van der Waals surface area contributed by atoms with E-state index in [0.29, 0.717) is 12.5 Å². The number of anilines is 1. The molecule has 1 atom stereocenters. The van der Waals surface area contributed by atoms with Crippen LogP contribution in [-0.2, 0) is 16.1 Å². The Morgan fingerprint density at radius 1 is 1.15 bits per heavy atom. The van der Waals surface area contributed by atoms with Gasteiger partial charge in [-0.15, -0.1) is 0 Å². The van der Waals surface area contributed by atoms with Gasteiger partial charge in [-0.2, -0.15) is 0 Å². The Labute approximate surface area is 156 Å². The van der Waals surface area contributed by atoms with Crippen LogP contribution in [0.1, 0.15) is 51.5 Å². The van der Waals surface area contributed by atoms with Crippen molar-refractivity contribution in [2.45, 2.75) is 58.5 Å². The highest BCUT2D eigenvalue weighted by molar-refractivity contribution is 5.94. The largest absolute Gasteiger partial charge is 0.351 e. The average Bonchev–Trinajstić information content (AvgIpc) is 3.45. The molecular weight excluding hydrogens is 326 g/mol. The van der Waals surface area contributed by atoms with Gasteiger partial charge in [0.1, 0.15) is 0 Å². The summed E-state index contributed by atoms with van der Waals surface area (Å²) in [5, 5.41) is 6.06. The normalized spacial score (nSPS) is 20.8. The number of hydrogen-bond donors (Lipinski definition) is 2. The second-order valence-electron chi connectivity index (χ2n) is 8.08. The number of likely N-dealkylation sites (tertiary alicyclic amines) is 1. The van der Waals surface area contributed by atoms with Crippen LogP contribution >= 0.6 is 0 Å². The zero-order valence-corrected chi connectivity index (χ0v) is 16.0. The molecule has 26 heavy (non-hydrogen) atoms. The molecule has 142 valence electrons. The van der Waals surface area contributed by atoms with E-state index in [2.05, 4.69) is 29.4 Å². The molecule has 2 amide bonds. The lowest BCUT2D eigenvalue weighted by atomic mass is 9.99. The maximum absolute atomic E-state index is 12.7. The van der Waals surface area contributed by atoms with Gasteiger partial charge < -0.3 is 10.6 Å². The van der Waals surface area contributed by atoms with Crippen molar-refractivity contribution in [3.63, 3.8) is 0 Å². The Bertz CT molecular complexity index is 640. The average molecular weight is 357 g/mol. The molecule has 1 heterocycles. The van der Waals surface area contributed by atoms with Crippen molar-refractivity contribution in [3.05, 3.63) is 29.8 Å². The molecule has 3 rings (SSSR count). The molecule has 1 aromatic rings. The highest BCUT2D eigenvalue weighted by atomic mass is 16.2. The van der Waals surface area contributed by atoms with E-state index in [0.717, 1.165) is 50.0 Å². The van der Waals surface area contributed by atoms with Gasteiger partial charge in [0.05, 0.1) is 6.04 Å². The number of carbonyl (C=O) groups is 2. The lowest BCUT2D eigenvalue weighted by Gasteiger charge is -2.35. The van der Waals surface area contributed by atoms with Crippen LogP contribution in [0.25, 0.3) is 0 Å². The molecule has 0 bridgehead atoms. The first-order valence-corrected chi connectivity index (χ1v) is 9.94. The summed E-state index contributed by atoms with van der Waals surface area (Å²) in [6, 6.07) is 7.75. The van der Waals surface area contributed by atoms with E-state index in [9.17, 15) is 9.59 Å². The first kappa shape index (κ1) is 18.9. The fourth-order valence-corrected chi connectivity index (χ4v) is 3.63. The molecule has 0 spiro atoms. The Morgan fingerprint density at radius 2 is 1.96 bits per heavy atom. The van der Waals surface area contributed by atoms with Crippen molar-refractivity contribution >= 4 is 17.5 Å². The van der Waals surface area contributed by atoms with Crippen LogP contribution in [0.15, 0.2) is 24.3 Å². The molecule has 1 aromatic carbocycles. The van der Waals surface area contributed by atoms with Crippen LogP contribution in [0.3, 0.4) is 0 Å². The molecule has 0 aromatic heterocycles. The van der Waals surface area contributed by atoms with Gasteiger partial charge in [-0.25, -0.2) is 0 Å². The van der Waals surface area contributed by atoms with Gasteiger partial charge in [0.25, 0.3) is 0 Å². The molecule has 2 N–H and O–H groups in total. The number of piperidine rings is 1. The Balaban J connectivity index is 1.53. The van der Waals surface area contributed by atoms with Gasteiger partial charge >= 0.3 is 0 Å². The van der Waals surface area contributed by atoms with Crippen molar-refractivity contribution in [1.82, 2.24) is 10.2 Å². The number of carbonyl (C=O) groups excluding carboxylic acids is 2. The minimum absolute atomic E-state index is 0.0103. The third-order valence-corrected chi connectivity index (χ3v) is 5.13. The highest BCUT2D eigenvalue weighted by Crippen LogP contribution is 2.30. The van der Waals surface area contributed by atoms with Gasteiger partial charge in [-0.05, 0) is 55.8 Å². The summed E-state index contributed by atoms with van der Waals surface area (Å²) in [4.78, 5) is 26.9. The molecule has 5 heteroatoms. The smallest absolute Gasteiger partial charge is 0.237 e. The van der Waals surface area contributed by atoms with E-state index in [4.69, 9.17) is 0 Å². The van der Waals surface area contributed by atoms with Gasteiger partial charge in [0, 0.05) is 24.7 Å². The monoisotopic (exact) mass is 357 g/mol. The van der Waals surface area contributed by atoms with Gasteiger partial charge in [0.15, 0.2) is 0 Å². The minimum atomic E-state index is -0.0103. The van der Waals surface area contributed by atoms with E-state index in [-0.39, 0.29) is 23.8 Å². The fourth-order valence-electron chi connectivity index (χ4n) is 3.63. The lowest BCUT2D eigenvalue weighted by molar-refractivity contribution is -0.128. The molecule has 1 aliphatic heterocycles. The summed E-state index contributed by atoms with van der Waals surface area (Å²) in [6.07, 6.45) is 5.23. The predicted molar refractivity (Wildman–Crippen MR) is 104 cm³/mol. The molecule has 0 unspecified atom stereocenters. The molecular formula is C21H31N3O2. The van der Waals surface area contributed by atoms with Crippen molar-refractivity contribution in [2.24, 2.45) is 11.8 Å². The fraction of sp³-hybridized carbons (Fsp3) is 0.619.